The number of hydrogen-bond donors (Lipinski definition) is 7. The number of carboxylic acid groups (broad SMARTS) is 1. The van der Waals surface area contributed by atoms with E-state index in [0.29, 0.717) is 5.75 Å². The highest BCUT2D eigenvalue weighted by Crippen LogP contribution is 2.19. The van der Waals surface area contributed by atoms with E-state index in [1.807, 2.05) is 36.6 Å². The fourth-order valence-electron chi connectivity index (χ4n) is 4.41. The van der Waals surface area contributed by atoms with Crippen LogP contribution in [0.25, 0.3) is 10.9 Å². The molecule has 1 heterocycles. The number of hydrogen-bond acceptors (Lipinski definition) is 7. The molecule has 1 aromatic heterocycles. The molecule has 13 heteroatoms. The van der Waals surface area contributed by atoms with E-state index in [0.717, 1.165) is 22.0 Å². The molecule has 42 heavy (non-hydrogen) atoms. The maximum atomic E-state index is 13.2. The molecule has 3 aromatic rings. The number of fused-ring (bicyclic) bond motifs is 1. The Morgan fingerprint density at radius 3 is 2.14 bits per heavy atom. The third-order valence-corrected chi connectivity index (χ3v) is 7.29. The zero-order valence-corrected chi connectivity index (χ0v) is 24.0. The van der Waals surface area contributed by atoms with Gasteiger partial charge in [0.15, 0.2) is 0 Å². The molecule has 0 aliphatic rings. The zero-order valence-electron chi connectivity index (χ0n) is 23.2. The Morgan fingerprint density at radius 1 is 0.857 bits per heavy atom. The summed E-state index contributed by atoms with van der Waals surface area (Å²) in [7, 11) is 0. The number of H-pyrrole nitrogens is 1. The fourth-order valence-corrected chi connectivity index (χ4v) is 4.89. The van der Waals surface area contributed by atoms with E-state index in [2.05, 4.69) is 20.9 Å². The number of primary amides is 1. The van der Waals surface area contributed by atoms with Gasteiger partial charge in [0.2, 0.25) is 23.6 Å². The van der Waals surface area contributed by atoms with Gasteiger partial charge >= 0.3 is 5.97 Å². The number of aromatic amines is 1. The molecule has 9 N–H and O–H groups in total. The highest BCUT2D eigenvalue weighted by atomic mass is 32.2. The van der Waals surface area contributed by atoms with Gasteiger partial charge in [0.1, 0.15) is 18.1 Å². The van der Waals surface area contributed by atoms with Crippen LogP contribution in [-0.2, 0) is 36.8 Å². The van der Waals surface area contributed by atoms with Gasteiger partial charge in [0.05, 0.1) is 12.5 Å². The number of para-hydroxylation sites is 1. The van der Waals surface area contributed by atoms with E-state index in [1.54, 1.807) is 30.5 Å². The lowest BCUT2D eigenvalue weighted by Crippen LogP contribution is -2.58. The number of carboxylic acids is 1. The SMILES string of the molecule is CSCCC(NC(=O)C(CC(=O)O)NC(=O)C(N)Cc1c[nH]c2ccccc12)C(=O)NC(Cc1ccccc1)C(N)=O. The standard InChI is InChI=1S/C29H36N6O6S/c1-42-12-11-22(28(40)34-23(26(31)38)13-17-7-3-2-4-8-17)33-29(41)24(15-25(36)37)35-27(39)20(30)14-18-16-32-21-10-6-5-9-19(18)21/h2-10,16,20,22-24,32H,11-15,30H2,1H3,(H2,31,38)(H,33,41)(H,34,40)(H,35,39)(H,36,37). The molecule has 12 nitrogen and oxygen atoms in total. The Balaban J connectivity index is 1.69. The molecule has 2 aromatic carbocycles. The maximum absolute atomic E-state index is 13.2. The number of aliphatic carboxylic acids is 1. The van der Waals surface area contributed by atoms with Crippen LogP contribution in [0.5, 0.6) is 0 Å². The zero-order chi connectivity index (χ0) is 30.6. The van der Waals surface area contributed by atoms with Gasteiger partial charge in [-0.3, -0.25) is 24.0 Å². The van der Waals surface area contributed by atoms with Gasteiger partial charge in [0, 0.05) is 23.5 Å². The van der Waals surface area contributed by atoms with Crippen LogP contribution in [0.4, 0.5) is 0 Å². The monoisotopic (exact) mass is 596 g/mol. The molecule has 4 atom stereocenters. The van der Waals surface area contributed by atoms with Gasteiger partial charge in [-0.15, -0.1) is 0 Å². The molecular formula is C29H36N6O6S. The highest BCUT2D eigenvalue weighted by Gasteiger charge is 2.31. The molecule has 0 aliphatic heterocycles. The second-order valence-electron chi connectivity index (χ2n) is 9.83. The fraction of sp³-hybridized carbons (Fsp3) is 0.345. The van der Waals surface area contributed by atoms with Crippen molar-refractivity contribution in [3.05, 3.63) is 71.9 Å². The maximum Gasteiger partial charge on any atom is 0.305 e. The van der Waals surface area contributed by atoms with Gasteiger partial charge in [0.25, 0.3) is 0 Å². The van der Waals surface area contributed by atoms with Crippen molar-refractivity contribution < 1.29 is 29.1 Å². The van der Waals surface area contributed by atoms with Gasteiger partial charge < -0.3 is 37.5 Å². The smallest absolute Gasteiger partial charge is 0.305 e. The summed E-state index contributed by atoms with van der Waals surface area (Å²) in [6.07, 6.45) is 3.31. The first-order chi connectivity index (χ1) is 20.1. The summed E-state index contributed by atoms with van der Waals surface area (Å²) in [5, 5.41) is 17.9. The molecule has 0 aliphatic carbocycles. The van der Waals surface area contributed by atoms with Crippen LogP contribution in [-0.4, -0.2) is 75.9 Å². The predicted molar refractivity (Wildman–Crippen MR) is 160 cm³/mol. The molecule has 4 unspecified atom stereocenters. The van der Waals surface area contributed by atoms with Crippen LogP contribution < -0.4 is 27.4 Å². The number of benzene rings is 2. The second kappa shape index (κ2) is 15.6. The summed E-state index contributed by atoms with van der Waals surface area (Å²) < 4.78 is 0. The molecule has 0 spiro atoms. The minimum Gasteiger partial charge on any atom is -0.481 e. The number of aromatic nitrogens is 1. The molecular weight excluding hydrogens is 560 g/mol. The summed E-state index contributed by atoms with van der Waals surface area (Å²) in [5.41, 5.74) is 14.1. The van der Waals surface area contributed by atoms with Crippen molar-refractivity contribution in [2.45, 2.75) is 49.9 Å². The van der Waals surface area contributed by atoms with E-state index in [1.165, 1.54) is 11.8 Å². The largest absolute Gasteiger partial charge is 0.481 e. The van der Waals surface area contributed by atoms with Crippen molar-refractivity contribution in [3.8, 4) is 0 Å². The summed E-state index contributed by atoms with van der Waals surface area (Å²) in [6, 6.07) is 11.8. The summed E-state index contributed by atoms with van der Waals surface area (Å²) >= 11 is 1.43. The molecule has 0 saturated heterocycles. The third-order valence-electron chi connectivity index (χ3n) is 6.65. The summed E-state index contributed by atoms with van der Waals surface area (Å²) in [6.45, 7) is 0. The van der Waals surface area contributed by atoms with Crippen LogP contribution >= 0.6 is 11.8 Å². The third kappa shape index (κ3) is 9.35. The van der Waals surface area contributed by atoms with Crippen molar-refractivity contribution >= 4 is 52.3 Å². The Bertz CT molecular complexity index is 1400. The first-order valence-electron chi connectivity index (χ1n) is 13.3. The summed E-state index contributed by atoms with van der Waals surface area (Å²) in [5.74, 6) is -3.85. The number of carbonyl (C=O) groups excluding carboxylic acids is 4. The second-order valence-corrected chi connectivity index (χ2v) is 10.8. The van der Waals surface area contributed by atoms with Crippen molar-refractivity contribution in [2.75, 3.05) is 12.0 Å². The van der Waals surface area contributed by atoms with Crippen LogP contribution in [0.15, 0.2) is 60.8 Å². The van der Waals surface area contributed by atoms with Crippen molar-refractivity contribution in [1.29, 1.82) is 0 Å². The number of rotatable bonds is 16. The molecule has 0 radical (unpaired) electrons. The van der Waals surface area contributed by atoms with Crippen LogP contribution in [0.1, 0.15) is 24.0 Å². The molecule has 224 valence electrons. The van der Waals surface area contributed by atoms with Crippen LogP contribution in [0, 0.1) is 0 Å². The van der Waals surface area contributed by atoms with Gasteiger partial charge in [-0.25, -0.2) is 0 Å². The Hall–Kier alpha value is -4.36. The van der Waals surface area contributed by atoms with Gasteiger partial charge in [-0.05, 0) is 42.0 Å². The van der Waals surface area contributed by atoms with E-state index in [4.69, 9.17) is 11.5 Å². The topological polar surface area (TPSA) is 210 Å². The van der Waals surface area contributed by atoms with E-state index in [-0.39, 0.29) is 19.3 Å². The minimum absolute atomic E-state index is 0.145. The van der Waals surface area contributed by atoms with Gasteiger partial charge in [-0.2, -0.15) is 11.8 Å². The average Bonchev–Trinajstić information content (AvgIpc) is 3.37. The Morgan fingerprint density at radius 2 is 1.48 bits per heavy atom. The van der Waals surface area contributed by atoms with Crippen molar-refractivity contribution in [2.24, 2.45) is 11.5 Å². The minimum atomic E-state index is -1.50. The lowest BCUT2D eigenvalue weighted by Gasteiger charge is -2.25. The van der Waals surface area contributed by atoms with Crippen molar-refractivity contribution in [3.63, 3.8) is 0 Å². The van der Waals surface area contributed by atoms with Gasteiger partial charge in [-0.1, -0.05) is 48.5 Å². The van der Waals surface area contributed by atoms with E-state index >= 15 is 0 Å². The highest BCUT2D eigenvalue weighted by molar-refractivity contribution is 7.98. The van der Waals surface area contributed by atoms with E-state index < -0.39 is 60.2 Å². The molecule has 0 bridgehead atoms. The van der Waals surface area contributed by atoms with Crippen LogP contribution in [0.2, 0.25) is 0 Å². The average molecular weight is 597 g/mol. The Kier molecular flexibility index (Phi) is 11.9. The lowest BCUT2D eigenvalue weighted by atomic mass is 10.0. The number of thioether (sulfide) groups is 1. The molecule has 0 saturated carbocycles. The Labute approximate surface area is 247 Å². The lowest BCUT2D eigenvalue weighted by molar-refractivity contribution is -0.141. The van der Waals surface area contributed by atoms with Crippen LogP contribution in [0.3, 0.4) is 0 Å². The first-order valence-corrected chi connectivity index (χ1v) is 14.7. The molecule has 3 rings (SSSR count). The number of nitrogens with two attached hydrogens (primary N) is 2. The normalized spacial score (nSPS) is 13.9. The quantitative estimate of drug-likeness (QED) is 0.123. The predicted octanol–water partition coefficient (Wildman–Crippen LogP) is 0.448. The first kappa shape index (κ1) is 32.2. The van der Waals surface area contributed by atoms with E-state index in [9.17, 15) is 29.1 Å². The van der Waals surface area contributed by atoms with Crippen molar-refractivity contribution in [1.82, 2.24) is 20.9 Å². The number of amides is 4. The summed E-state index contributed by atoms with van der Waals surface area (Å²) in [4.78, 5) is 66.1. The molecule has 4 amide bonds. The molecule has 0 fully saturated rings. The number of nitrogens with one attached hydrogen (secondary N) is 4. The number of carbonyl (C=O) groups is 5.